The fourth-order valence-corrected chi connectivity index (χ4v) is 4.31. The molecular weight excluding hydrogens is 369 g/mol. The highest BCUT2D eigenvalue weighted by molar-refractivity contribution is 7.15. The fraction of sp³-hybridized carbons (Fsp3) is 0.421. The van der Waals surface area contributed by atoms with Crippen LogP contribution in [0.5, 0.6) is 5.75 Å². The molecule has 1 saturated heterocycles. The van der Waals surface area contributed by atoms with Gasteiger partial charge in [-0.05, 0) is 37.8 Å². The van der Waals surface area contributed by atoms with Crippen LogP contribution in [0, 0.1) is 11.7 Å². The number of rotatable bonds is 5. The van der Waals surface area contributed by atoms with E-state index < -0.39 is 5.82 Å². The van der Waals surface area contributed by atoms with Gasteiger partial charge in [0.25, 0.3) is 5.91 Å². The molecule has 1 aromatic heterocycles. The van der Waals surface area contributed by atoms with Crippen molar-refractivity contribution >= 4 is 28.3 Å². The molecule has 0 radical (unpaired) electrons. The van der Waals surface area contributed by atoms with Gasteiger partial charge in [0.1, 0.15) is 0 Å². The minimum atomic E-state index is -0.502. The van der Waals surface area contributed by atoms with Crippen LogP contribution < -0.4 is 10.1 Å². The fourth-order valence-electron chi connectivity index (χ4n) is 3.25. The van der Waals surface area contributed by atoms with Crippen LogP contribution >= 0.6 is 11.3 Å². The first-order chi connectivity index (χ1) is 13.1. The molecule has 1 aliphatic heterocycles. The first kappa shape index (κ1) is 17.9. The summed E-state index contributed by atoms with van der Waals surface area (Å²) < 4.78 is 18.7. The van der Waals surface area contributed by atoms with E-state index in [2.05, 4.69) is 10.3 Å². The number of nitrogens with one attached hydrogen (secondary N) is 1. The van der Waals surface area contributed by atoms with Crippen molar-refractivity contribution in [3.63, 3.8) is 0 Å². The van der Waals surface area contributed by atoms with Gasteiger partial charge in [0.15, 0.2) is 23.3 Å². The third-order valence-electron chi connectivity index (χ3n) is 4.87. The molecule has 2 aromatic rings. The van der Waals surface area contributed by atoms with Crippen molar-refractivity contribution in [1.29, 1.82) is 0 Å². The summed E-state index contributed by atoms with van der Waals surface area (Å²) in [4.78, 5) is 31.8. The molecule has 2 amide bonds. The third kappa shape index (κ3) is 3.95. The third-order valence-corrected chi connectivity index (χ3v) is 5.94. The van der Waals surface area contributed by atoms with E-state index in [1.807, 2.05) is 0 Å². The predicted octanol–water partition coefficient (Wildman–Crippen LogP) is 2.64. The van der Waals surface area contributed by atoms with Gasteiger partial charge in [-0.1, -0.05) is 12.1 Å². The van der Waals surface area contributed by atoms with Gasteiger partial charge in [0, 0.05) is 18.0 Å². The van der Waals surface area contributed by atoms with Crippen LogP contribution in [0.25, 0.3) is 0 Å². The van der Waals surface area contributed by atoms with E-state index in [0.717, 1.165) is 25.0 Å². The molecule has 6 nitrogen and oxygen atoms in total. The molecule has 0 spiro atoms. The number of carbonyl (C=O) groups excluding carboxylic acids is 2. The molecule has 0 bridgehead atoms. The Morgan fingerprint density at radius 3 is 2.81 bits per heavy atom. The van der Waals surface area contributed by atoms with Crippen molar-refractivity contribution in [1.82, 2.24) is 9.88 Å². The number of aromatic nitrogens is 1. The predicted molar refractivity (Wildman–Crippen MR) is 99.4 cm³/mol. The molecule has 142 valence electrons. The molecular formula is C19H20FN3O3S. The van der Waals surface area contributed by atoms with Crippen LogP contribution in [0.4, 0.5) is 9.52 Å². The molecule has 0 atom stereocenters. The number of para-hydroxylation sites is 1. The maximum absolute atomic E-state index is 13.5. The lowest BCUT2D eigenvalue weighted by atomic mass is 9.99. The summed E-state index contributed by atoms with van der Waals surface area (Å²) >= 11 is 1.55. The minimum absolute atomic E-state index is 0.0494. The SMILES string of the molecule is O=C(Nc1nc2c(s1)CCCC2)C1CN(C(=O)COc2ccccc2F)C1. The molecule has 1 aliphatic carbocycles. The lowest BCUT2D eigenvalue weighted by molar-refractivity contribution is -0.143. The zero-order valence-corrected chi connectivity index (χ0v) is 15.6. The highest BCUT2D eigenvalue weighted by Gasteiger charge is 2.36. The Morgan fingerprint density at radius 1 is 1.26 bits per heavy atom. The highest BCUT2D eigenvalue weighted by atomic mass is 32.1. The molecule has 1 fully saturated rings. The number of benzene rings is 1. The number of anilines is 1. The van der Waals surface area contributed by atoms with Gasteiger partial charge < -0.3 is 15.0 Å². The van der Waals surface area contributed by atoms with E-state index >= 15 is 0 Å². The Hall–Kier alpha value is -2.48. The summed E-state index contributed by atoms with van der Waals surface area (Å²) in [7, 11) is 0. The Bertz CT molecular complexity index is 840. The van der Waals surface area contributed by atoms with Crippen LogP contribution in [-0.4, -0.2) is 41.4 Å². The van der Waals surface area contributed by atoms with Crippen molar-refractivity contribution in [2.75, 3.05) is 25.0 Å². The number of halogens is 1. The second kappa shape index (κ2) is 7.64. The number of nitrogens with zero attached hydrogens (tertiary/aromatic N) is 2. The molecule has 1 aromatic carbocycles. The summed E-state index contributed by atoms with van der Waals surface area (Å²) in [5, 5.41) is 3.53. The summed E-state index contributed by atoms with van der Waals surface area (Å²) in [6.07, 6.45) is 4.35. The van der Waals surface area contributed by atoms with Crippen LogP contribution in [-0.2, 0) is 22.4 Å². The zero-order valence-electron chi connectivity index (χ0n) is 14.7. The van der Waals surface area contributed by atoms with Gasteiger partial charge in [-0.15, -0.1) is 11.3 Å². The number of carbonyl (C=O) groups is 2. The Labute approximate surface area is 160 Å². The standard InChI is InChI=1S/C19H20FN3O3S/c20-13-5-1-3-7-15(13)26-11-17(24)23-9-12(10-23)18(25)22-19-21-14-6-2-4-8-16(14)27-19/h1,3,5,7,12H,2,4,6,8-11H2,(H,21,22,25). The number of ether oxygens (including phenoxy) is 1. The molecule has 2 heterocycles. The Kier molecular flexibility index (Phi) is 5.07. The normalized spacial score (nSPS) is 16.4. The summed E-state index contributed by atoms with van der Waals surface area (Å²) in [5.74, 6) is -1.07. The maximum Gasteiger partial charge on any atom is 0.260 e. The number of hydrogen-bond acceptors (Lipinski definition) is 5. The molecule has 2 aliphatic rings. The van der Waals surface area contributed by atoms with Gasteiger partial charge >= 0.3 is 0 Å². The average molecular weight is 389 g/mol. The first-order valence-electron chi connectivity index (χ1n) is 9.04. The van der Waals surface area contributed by atoms with Crippen molar-refractivity contribution in [2.45, 2.75) is 25.7 Å². The summed E-state index contributed by atoms with van der Waals surface area (Å²) in [6, 6.07) is 5.95. The summed E-state index contributed by atoms with van der Waals surface area (Å²) in [5.41, 5.74) is 1.11. The van der Waals surface area contributed by atoms with Crippen LogP contribution in [0.2, 0.25) is 0 Å². The minimum Gasteiger partial charge on any atom is -0.481 e. The van der Waals surface area contributed by atoms with Crippen molar-refractivity contribution in [2.24, 2.45) is 5.92 Å². The zero-order chi connectivity index (χ0) is 18.8. The molecule has 4 rings (SSSR count). The second-order valence-corrected chi connectivity index (χ2v) is 7.88. The van der Waals surface area contributed by atoms with Crippen molar-refractivity contribution in [3.8, 4) is 5.75 Å². The quantitative estimate of drug-likeness (QED) is 0.853. The lowest BCUT2D eigenvalue weighted by Gasteiger charge is -2.37. The van der Waals surface area contributed by atoms with Gasteiger partial charge in [0.05, 0.1) is 11.6 Å². The molecule has 8 heteroatoms. The lowest BCUT2D eigenvalue weighted by Crippen LogP contribution is -2.55. The van der Waals surface area contributed by atoms with Gasteiger partial charge in [-0.25, -0.2) is 9.37 Å². The number of hydrogen-bond donors (Lipinski definition) is 1. The number of likely N-dealkylation sites (tertiary alicyclic amines) is 1. The van der Waals surface area contributed by atoms with Gasteiger partial charge in [0.2, 0.25) is 5.91 Å². The summed E-state index contributed by atoms with van der Waals surface area (Å²) in [6.45, 7) is 0.446. The second-order valence-electron chi connectivity index (χ2n) is 6.80. The topological polar surface area (TPSA) is 71.5 Å². The molecule has 1 N–H and O–H groups in total. The van der Waals surface area contributed by atoms with E-state index in [1.165, 1.54) is 28.3 Å². The monoisotopic (exact) mass is 389 g/mol. The van der Waals surface area contributed by atoms with E-state index in [1.54, 1.807) is 23.5 Å². The van der Waals surface area contributed by atoms with Crippen LogP contribution in [0.15, 0.2) is 24.3 Å². The van der Waals surface area contributed by atoms with Gasteiger partial charge in [-0.3, -0.25) is 9.59 Å². The number of amides is 2. The van der Waals surface area contributed by atoms with E-state index in [0.29, 0.717) is 18.2 Å². The molecule has 0 unspecified atom stereocenters. The van der Waals surface area contributed by atoms with E-state index in [4.69, 9.17) is 4.74 Å². The molecule has 27 heavy (non-hydrogen) atoms. The first-order valence-corrected chi connectivity index (χ1v) is 9.86. The highest BCUT2D eigenvalue weighted by Crippen LogP contribution is 2.30. The molecule has 0 saturated carbocycles. The van der Waals surface area contributed by atoms with E-state index in [-0.39, 0.29) is 30.1 Å². The van der Waals surface area contributed by atoms with Crippen LogP contribution in [0.3, 0.4) is 0 Å². The van der Waals surface area contributed by atoms with Gasteiger partial charge in [-0.2, -0.15) is 0 Å². The van der Waals surface area contributed by atoms with Crippen molar-refractivity contribution in [3.05, 3.63) is 40.7 Å². The Morgan fingerprint density at radius 2 is 2.04 bits per heavy atom. The van der Waals surface area contributed by atoms with E-state index in [9.17, 15) is 14.0 Å². The number of aryl methyl sites for hydroxylation is 2. The Balaban J connectivity index is 1.24. The van der Waals surface area contributed by atoms with Crippen molar-refractivity contribution < 1.29 is 18.7 Å². The number of thiazole rings is 1. The smallest absolute Gasteiger partial charge is 0.260 e. The maximum atomic E-state index is 13.5. The largest absolute Gasteiger partial charge is 0.481 e. The van der Waals surface area contributed by atoms with Crippen LogP contribution in [0.1, 0.15) is 23.4 Å². The number of fused-ring (bicyclic) bond motifs is 1. The average Bonchev–Trinajstić information content (AvgIpc) is 3.02.